The van der Waals surface area contributed by atoms with Gasteiger partial charge < -0.3 is 20.5 Å². The van der Waals surface area contributed by atoms with E-state index in [1.807, 2.05) is 0 Å². The van der Waals surface area contributed by atoms with Crippen LogP contribution in [0.3, 0.4) is 0 Å². The Morgan fingerprint density at radius 2 is 1.62 bits per heavy atom. The lowest BCUT2D eigenvalue weighted by atomic mass is 9.53. The van der Waals surface area contributed by atoms with Crippen LogP contribution in [0, 0.1) is 17.8 Å². The minimum absolute atomic E-state index is 0.0151. The number of carbonyl (C=O) groups is 2. The lowest BCUT2D eigenvalue weighted by Crippen LogP contribution is -2.60. The molecular weight excluding hydrogens is 332 g/mol. The standard InChI is InChI=1S/C20H26N2O4/c1-12(18(23)24)26-17-4-2-16(3-5-17)21-19(25)22-20-9-13-6-14(10-20)8-15(7-13)11-20/h2-5,12-15H,6-11H2,1H3,(H,23,24)(H2,21,22,25). The number of rotatable bonds is 5. The molecule has 0 heterocycles. The molecule has 1 atom stereocenters. The van der Waals surface area contributed by atoms with Crippen LogP contribution in [0.15, 0.2) is 24.3 Å². The largest absolute Gasteiger partial charge is 0.479 e. The van der Waals surface area contributed by atoms with Gasteiger partial charge in [0.05, 0.1) is 0 Å². The first kappa shape index (κ1) is 17.2. The van der Waals surface area contributed by atoms with Crippen molar-refractivity contribution < 1.29 is 19.4 Å². The number of nitrogens with one attached hydrogen (secondary N) is 2. The predicted molar refractivity (Wildman–Crippen MR) is 97.2 cm³/mol. The number of aliphatic carboxylic acids is 1. The van der Waals surface area contributed by atoms with Gasteiger partial charge in [0.2, 0.25) is 0 Å². The van der Waals surface area contributed by atoms with Crippen LogP contribution in [0.4, 0.5) is 10.5 Å². The number of carboxylic acid groups (broad SMARTS) is 1. The Hall–Kier alpha value is -2.24. The van der Waals surface area contributed by atoms with Gasteiger partial charge in [0, 0.05) is 11.2 Å². The molecule has 4 aliphatic rings. The highest BCUT2D eigenvalue weighted by Gasteiger charge is 2.51. The number of benzene rings is 1. The van der Waals surface area contributed by atoms with Crippen molar-refractivity contribution in [2.75, 3.05) is 5.32 Å². The first-order valence-electron chi connectivity index (χ1n) is 9.49. The van der Waals surface area contributed by atoms with E-state index in [0.717, 1.165) is 37.0 Å². The van der Waals surface area contributed by atoms with E-state index in [0.29, 0.717) is 11.4 Å². The minimum Gasteiger partial charge on any atom is -0.479 e. The highest BCUT2D eigenvalue weighted by molar-refractivity contribution is 5.89. The molecule has 0 aliphatic heterocycles. The molecule has 1 aromatic carbocycles. The molecule has 1 aromatic rings. The van der Waals surface area contributed by atoms with Crippen molar-refractivity contribution in [1.29, 1.82) is 0 Å². The molecule has 6 heteroatoms. The summed E-state index contributed by atoms with van der Waals surface area (Å²) in [4.78, 5) is 23.3. The molecular formula is C20H26N2O4. The normalized spacial score (nSPS) is 32.7. The van der Waals surface area contributed by atoms with Crippen LogP contribution in [-0.2, 0) is 4.79 Å². The average Bonchev–Trinajstić information content (AvgIpc) is 2.54. The smallest absolute Gasteiger partial charge is 0.344 e. The van der Waals surface area contributed by atoms with Crippen LogP contribution in [0.25, 0.3) is 0 Å². The third-order valence-electron chi connectivity index (χ3n) is 6.19. The quantitative estimate of drug-likeness (QED) is 0.750. The SMILES string of the molecule is CC(Oc1ccc(NC(=O)NC23CC4CC(CC(C4)C2)C3)cc1)C(=O)O. The second-order valence-corrected chi connectivity index (χ2v) is 8.40. The van der Waals surface area contributed by atoms with Gasteiger partial charge in [-0.2, -0.15) is 0 Å². The van der Waals surface area contributed by atoms with Gasteiger partial charge >= 0.3 is 12.0 Å². The maximum Gasteiger partial charge on any atom is 0.344 e. The van der Waals surface area contributed by atoms with E-state index in [9.17, 15) is 9.59 Å². The highest BCUT2D eigenvalue weighted by atomic mass is 16.5. The number of hydrogen-bond donors (Lipinski definition) is 3. The third-order valence-corrected chi connectivity index (χ3v) is 6.19. The van der Waals surface area contributed by atoms with Crippen LogP contribution in [0.5, 0.6) is 5.75 Å². The summed E-state index contributed by atoms with van der Waals surface area (Å²) in [5.74, 6) is 1.81. The lowest BCUT2D eigenvalue weighted by Gasteiger charge is -2.56. The molecule has 2 amide bonds. The number of hydrogen-bond acceptors (Lipinski definition) is 3. The molecule has 0 saturated heterocycles. The Labute approximate surface area is 153 Å². The van der Waals surface area contributed by atoms with Crippen LogP contribution >= 0.6 is 0 Å². The van der Waals surface area contributed by atoms with E-state index in [2.05, 4.69) is 10.6 Å². The van der Waals surface area contributed by atoms with Crippen LogP contribution in [-0.4, -0.2) is 28.7 Å². The van der Waals surface area contributed by atoms with Gasteiger partial charge in [-0.25, -0.2) is 9.59 Å². The second kappa shape index (κ2) is 6.49. The van der Waals surface area contributed by atoms with Crippen molar-refractivity contribution in [2.45, 2.75) is 57.1 Å². The monoisotopic (exact) mass is 358 g/mol. The van der Waals surface area contributed by atoms with E-state index in [-0.39, 0.29) is 11.6 Å². The fraction of sp³-hybridized carbons (Fsp3) is 0.600. The van der Waals surface area contributed by atoms with Gasteiger partial charge in [-0.15, -0.1) is 0 Å². The van der Waals surface area contributed by atoms with Crippen molar-refractivity contribution in [2.24, 2.45) is 17.8 Å². The fourth-order valence-electron chi connectivity index (χ4n) is 5.54. The molecule has 1 unspecified atom stereocenters. The molecule has 26 heavy (non-hydrogen) atoms. The lowest BCUT2D eigenvalue weighted by molar-refractivity contribution is -0.144. The summed E-state index contributed by atoms with van der Waals surface area (Å²) in [5, 5.41) is 15.0. The summed E-state index contributed by atoms with van der Waals surface area (Å²) >= 11 is 0. The van der Waals surface area contributed by atoms with Gasteiger partial charge in [-0.3, -0.25) is 0 Å². The van der Waals surface area contributed by atoms with Crippen molar-refractivity contribution in [1.82, 2.24) is 5.32 Å². The summed E-state index contributed by atoms with van der Waals surface area (Å²) in [5.41, 5.74) is 0.654. The first-order chi connectivity index (χ1) is 12.4. The van der Waals surface area contributed by atoms with E-state index in [1.54, 1.807) is 24.3 Å². The third kappa shape index (κ3) is 3.50. The zero-order valence-corrected chi connectivity index (χ0v) is 15.0. The number of carboxylic acids is 1. The van der Waals surface area contributed by atoms with Crippen molar-refractivity contribution >= 4 is 17.7 Å². The molecule has 0 radical (unpaired) electrons. The summed E-state index contributed by atoms with van der Waals surface area (Å²) in [7, 11) is 0. The Balaban J connectivity index is 1.34. The molecule has 3 N–H and O–H groups in total. The van der Waals surface area contributed by atoms with Crippen molar-refractivity contribution in [3.63, 3.8) is 0 Å². The zero-order chi connectivity index (χ0) is 18.3. The molecule has 0 spiro atoms. The number of urea groups is 1. The first-order valence-corrected chi connectivity index (χ1v) is 9.49. The summed E-state index contributed by atoms with van der Waals surface area (Å²) in [6.45, 7) is 1.48. The highest BCUT2D eigenvalue weighted by Crippen LogP contribution is 2.55. The minimum atomic E-state index is -1.01. The Bertz CT molecular complexity index is 665. The number of carbonyl (C=O) groups excluding carboxylic acids is 1. The molecule has 4 saturated carbocycles. The zero-order valence-electron chi connectivity index (χ0n) is 15.0. The second-order valence-electron chi connectivity index (χ2n) is 8.40. The molecule has 0 aromatic heterocycles. The van der Waals surface area contributed by atoms with E-state index < -0.39 is 12.1 Å². The number of ether oxygens (including phenoxy) is 1. The van der Waals surface area contributed by atoms with Crippen molar-refractivity contribution in [3.05, 3.63) is 24.3 Å². The Morgan fingerprint density at radius 3 is 2.12 bits per heavy atom. The summed E-state index contributed by atoms with van der Waals surface area (Å²) in [6.07, 6.45) is 6.48. The molecule has 4 aliphatic carbocycles. The molecule has 140 valence electrons. The summed E-state index contributed by atoms with van der Waals surface area (Å²) in [6, 6.07) is 6.63. The topological polar surface area (TPSA) is 87.7 Å². The molecule has 4 fully saturated rings. The molecule has 5 rings (SSSR count). The van der Waals surface area contributed by atoms with Crippen molar-refractivity contribution in [3.8, 4) is 5.75 Å². The van der Waals surface area contributed by atoms with Gasteiger partial charge in [0.25, 0.3) is 0 Å². The van der Waals surface area contributed by atoms with Gasteiger partial charge in [-0.05, 0) is 87.5 Å². The predicted octanol–water partition coefficient (Wildman–Crippen LogP) is 3.63. The Morgan fingerprint density at radius 1 is 1.08 bits per heavy atom. The summed E-state index contributed by atoms with van der Waals surface area (Å²) < 4.78 is 5.30. The maximum absolute atomic E-state index is 12.5. The molecule has 6 nitrogen and oxygen atoms in total. The number of amides is 2. The Kier molecular flexibility index (Phi) is 4.29. The van der Waals surface area contributed by atoms with Crippen LogP contribution in [0.1, 0.15) is 45.4 Å². The van der Waals surface area contributed by atoms with Crippen LogP contribution < -0.4 is 15.4 Å². The van der Waals surface area contributed by atoms with Crippen LogP contribution in [0.2, 0.25) is 0 Å². The van der Waals surface area contributed by atoms with Gasteiger partial charge in [-0.1, -0.05) is 0 Å². The van der Waals surface area contributed by atoms with E-state index in [1.165, 1.54) is 26.2 Å². The fourth-order valence-corrected chi connectivity index (χ4v) is 5.54. The molecule has 4 bridgehead atoms. The van der Waals surface area contributed by atoms with E-state index in [4.69, 9.17) is 9.84 Å². The maximum atomic E-state index is 12.5. The van der Waals surface area contributed by atoms with E-state index >= 15 is 0 Å². The average molecular weight is 358 g/mol. The van der Waals surface area contributed by atoms with Gasteiger partial charge in [0.15, 0.2) is 6.10 Å². The van der Waals surface area contributed by atoms with Gasteiger partial charge in [0.1, 0.15) is 5.75 Å². The number of anilines is 1.